The Morgan fingerprint density at radius 3 is 3.00 bits per heavy atom. The Morgan fingerprint density at radius 1 is 1.53 bits per heavy atom. The van der Waals surface area contributed by atoms with Crippen LogP contribution in [0.1, 0.15) is 16.2 Å². The molecule has 1 amide bonds. The summed E-state index contributed by atoms with van der Waals surface area (Å²) in [6.07, 6.45) is 3.42. The fourth-order valence-corrected chi connectivity index (χ4v) is 1.80. The normalized spacial score (nSPS) is 10.2. The van der Waals surface area contributed by atoms with Crippen molar-refractivity contribution in [2.75, 3.05) is 0 Å². The van der Waals surface area contributed by atoms with Crippen LogP contribution in [0.4, 0.5) is 0 Å². The van der Waals surface area contributed by atoms with E-state index in [1.807, 2.05) is 19.3 Å². The number of pyridine rings is 1. The van der Waals surface area contributed by atoms with Gasteiger partial charge in [0.25, 0.3) is 5.91 Å². The summed E-state index contributed by atoms with van der Waals surface area (Å²) >= 11 is 3.28. The summed E-state index contributed by atoms with van der Waals surface area (Å²) in [5.74, 6) is -0.219. The molecular weight excluding hydrogens is 284 g/mol. The minimum Gasteiger partial charge on any atom is -0.345 e. The third-order valence-corrected chi connectivity index (χ3v) is 2.81. The molecule has 2 aromatic rings. The van der Waals surface area contributed by atoms with E-state index in [4.69, 9.17) is 0 Å². The van der Waals surface area contributed by atoms with E-state index in [2.05, 4.69) is 31.3 Å². The topological polar surface area (TPSA) is 59.8 Å². The van der Waals surface area contributed by atoms with Crippen LogP contribution < -0.4 is 5.32 Å². The van der Waals surface area contributed by atoms with Gasteiger partial charge >= 0.3 is 0 Å². The van der Waals surface area contributed by atoms with Gasteiger partial charge in [-0.2, -0.15) is 5.10 Å². The molecule has 0 fully saturated rings. The van der Waals surface area contributed by atoms with E-state index in [9.17, 15) is 4.79 Å². The quantitative estimate of drug-likeness (QED) is 0.933. The highest BCUT2D eigenvalue weighted by Crippen LogP contribution is 2.12. The standard InChI is InChI=1S/C11H11BrN4O/c1-16-6-4-8(15-16)7-14-11(17)10-9(12)3-2-5-13-10/h2-6H,7H2,1H3,(H,14,17). The van der Waals surface area contributed by atoms with Crippen LogP contribution in [-0.2, 0) is 13.6 Å². The third kappa shape index (κ3) is 2.91. The van der Waals surface area contributed by atoms with Gasteiger partial charge in [-0.05, 0) is 34.1 Å². The van der Waals surface area contributed by atoms with Crippen molar-refractivity contribution in [3.05, 3.63) is 46.5 Å². The molecule has 0 aliphatic carbocycles. The van der Waals surface area contributed by atoms with Gasteiger partial charge in [-0.15, -0.1) is 0 Å². The zero-order chi connectivity index (χ0) is 12.3. The summed E-state index contributed by atoms with van der Waals surface area (Å²) in [5.41, 5.74) is 1.19. The van der Waals surface area contributed by atoms with Gasteiger partial charge in [-0.1, -0.05) is 0 Å². The Kier molecular flexibility index (Phi) is 3.53. The SMILES string of the molecule is Cn1ccc(CNC(=O)c2ncccc2Br)n1. The number of aryl methyl sites for hydroxylation is 1. The van der Waals surface area contributed by atoms with Crippen molar-refractivity contribution < 1.29 is 4.79 Å². The van der Waals surface area contributed by atoms with E-state index in [1.165, 1.54) is 0 Å². The minimum absolute atomic E-state index is 0.219. The summed E-state index contributed by atoms with van der Waals surface area (Å²) in [5, 5.41) is 6.93. The highest BCUT2D eigenvalue weighted by atomic mass is 79.9. The predicted octanol–water partition coefficient (Wildman–Crippen LogP) is 1.51. The number of carbonyl (C=O) groups excluding carboxylic acids is 1. The fraction of sp³-hybridized carbons (Fsp3) is 0.182. The van der Waals surface area contributed by atoms with E-state index < -0.39 is 0 Å². The number of aromatic nitrogens is 3. The molecule has 0 aliphatic heterocycles. The van der Waals surface area contributed by atoms with Crippen molar-refractivity contribution in [2.24, 2.45) is 7.05 Å². The molecule has 2 aromatic heterocycles. The van der Waals surface area contributed by atoms with Gasteiger partial charge in [0.05, 0.1) is 12.2 Å². The average Bonchev–Trinajstić information content (AvgIpc) is 2.73. The zero-order valence-corrected chi connectivity index (χ0v) is 10.8. The Balaban J connectivity index is 2.01. The number of hydrogen-bond acceptors (Lipinski definition) is 3. The molecule has 0 aromatic carbocycles. The predicted molar refractivity (Wildman–Crippen MR) is 66.3 cm³/mol. The van der Waals surface area contributed by atoms with Gasteiger partial charge in [0.1, 0.15) is 5.69 Å². The van der Waals surface area contributed by atoms with E-state index in [1.54, 1.807) is 23.0 Å². The van der Waals surface area contributed by atoms with E-state index >= 15 is 0 Å². The summed E-state index contributed by atoms with van der Waals surface area (Å²) in [6.45, 7) is 0.392. The molecule has 5 nitrogen and oxygen atoms in total. The number of nitrogens with one attached hydrogen (secondary N) is 1. The van der Waals surface area contributed by atoms with Crippen LogP contribution in [-0.4, -0.2) is 20.7 Å². The number of halogens is 1. The first-order valence-electron chi connectivity index (χ1n) is 5.04. The smallest absolute Gasteiger partial charge is 0.271 e. The summed E-state index contributed by atoms with van der Waals surface area (Å²) < 4.78 is 2.37. The molecule has 6 heteroatoms. The van der Waals surface area contributed by atoms with Crippen LogP contribution in [0, 0.1) is 0 Å². The average molecular weight is 295 g/mol. The molecule has 2 heterocycles. The van der Waals surface area contributed by atoms with Gasteiger partial charge in [0.15, 0.2) is 0 Å². The second kappa shape index (κ2) is 5.09. The molecule has 88 valence electrons. The van der Waals surface area contributed by atoms with Gasteiger partial charge < -0.3 is 5.32 Å². The molecule has 0 radical (unpaired) electrons. The molecular formula is C11H11BrN4O. The lowest BCUT2D eigenvalue weighted by Gasteiger charge is -2.03. The van der Waals surface area contributed by atoms with E-state index in [0.29, 0.717) is 16.7 Å². The monoisotopic (exact) mass is 294 g/mol. The first-order chi connectivity index (χ1) is 8.16. The second-order valence-electron chi connectivity index (χ2n) is 3.50. The number of carbonyl (C=O) groups is 1. The summed E-state index contributed by atoms with van der Waals surface area (Å²) in [7, 11) is 1.83. The maximum Gasteiger partial charge on any atom is 0.271 e. The number of rotatable bonds is 3. The second-order valence-corrected chi connectivity index (χ2v) is 4.35. The maximum atomic E-state index is 11.8. The Hall–Kier alpha value is -1.69. The molecule has 0 saturated carbocycles. The van der Waals surface area contributed by atoms with Crippen molar-refractivity contribution in [3.63, 3.8) is 0 Å². The van der Waals surface area contributed by atoms with Crippen molar-refractivity contribution in [3.8, 4) is 0 Å². The van der Waals surface area contributed by atoms with E-state index in [-0.39, 0.29) is 5.91 Å². The lowest BCUT2D eigenvalue weighted by atomic mass is 10.3. The summed E-state index contributed by atoms with van der Waals surface area (Å²) in [4.78, 5) is 15.8. The van der Waals surface area contributed by atoms with Crippen LogP contribution in [0.2, 0.25) is 0 Å². The van der Waals surface area contributed by atoms with Crippen molar-refractivity contribution in [1.82, 2.24) is 20.1 Å². The van der Waals surface area contributed by atoms with Crippen LogP contribution in [0.3, 0.4) is 0 Å². The number of amides is 1. The molecule has 0 aliphatic rings. The van der Waals surface area contributed by atoms with Crippen molar-refractivity contribution in [2.45, 2.75) is 6.54 Å². The minimum atomic E-state index is -0.219. The van der Waals surface area contributed by atoms with Crippen molar-refractivity contribution in [1.29, 1.82) is 0 Å². The Morgan fingerprint density at radius 2 is 2.35 bits per heavy atom. The first kappa shape index (κ1) is 11.8. The molecule has 0 unspecified atom stereocenters. The number of hydrogen-bond donors (Lipinski definition) is 1. The molecule has 0 spiro atoms. The number of nitrogens with zero attached hydrogens (tertiary/aromatic N) is 3. The van der Waals surface area contributed by atoms with Crippen LogP contribution >= 0.6 is 15.9 Å². The third-order valence-electron chi connectivity index (χ3n) is 2.17. The Bertz CT molecular complexity index is 538. The lowest BCUT2D eigenvalue weighted by Crippen LogP contribution is -2.24. The van der Waals surface area contributed by atoms with Gasteiger partial charge in [-0.25, -0.2) is 4.98 Å². The molecule has 1 N–H and O–H groups in total. The first-order valence-corrected chi connectivity index (χ1v) is 5.83. The highest BCUT2D eigenvalue weighted by Gasteiger charge is 2.10. The van der Waals surface area contributed by atoms with Gasteiger partial charge in [-0.3, -0.25) is 9.48 Å². The molecule has 0 bridgehead atoms. The molecule has 17 heavy (non-hydrogen) atoms. The van der Waals surface area contributed by atoms with Crippen LogP contribution in [0.15, 0.2) is 35.1 Å². The lowest BCUT2D eigenvalue weighted by molar-refractivity contribution is 0.0944. The molecule has 0 atom stereocenters. The fourth-order valence-electron chi connectivity index (χ4n) is 1.36. The van der Waals surface area contributed by atoms with Crippen molar-refractivity contribution >= 4 is 21.8 Å². The van der Waals surface area contributed by atoms with E-state index in [0.717, 1.165) is 5.69 Å². The largest absolute Gasteiger partial charge is 0.345 e. The summed E-state index contributed by atoms with van der Waals surface area (Å²) in [6, 6.07) is 5.40. The highest BCUT2D eigenvalue weighted by molar-refractivity contribution is 9.10. The molecule has 2 rings (SSSR count). The zero-order valence-electron chi connectivity index (χ0n) is 9.22. The van der Waals surface area contributed by atoms with Crippen LogP contribution in [0.5, 0.6) is 0 Å². The maximum absolute atomic E-state index is 11.8. The van der Waals surface area contributed by atoms with Gasteiger partial charge in [0.2, 0.25) is 0 Å². The van der Waals surface area contributed by atoms with Crippen LogP contribution in [0.25, 0.3) is 0 Å². The molecule has 0 saturated heterocycles. The van der Waals surface area contributed by atoms with Gasteiger partial charge in [0, 0.05) is 23.9 Å². The Labute approximate surface area is 107 Å².